The minimum absolute atomic E-state index is 0.153. The van der Waals surface area contributed by atoms with Crippen LogP contribution in [0.3, 0.4) is 0 Å². The van der Waals surface area contributed by atoms with E-state index in [2.05, 4.69) is 10.1 Å². The highest BCUT2D eigenvalue weighted by molar-refractivity contribution is 7.16. The minimum Gasteiger partial charge on any atom is -0.464 e. The van der Waals surface area contributed by atoms with Gasteiger partial charge in [-0.15, -0.1) is 11.3 Å². The van der Waals surface area contributed by atoms with E-state index < -0.39 is 17.9 Å². The first-order chi connectivity index (χ1) is 8.92. The van der Waals surface area contributed by atoms with Crippen LogP contribution in [0, 0.1) is 25.2 Å². The predicted molar refractivity (Wildman–Crippen MR) is 71.7 cm³/mol. The lowest BCUT2D eigenvalue weighted by Gasteiger charge is -2.10. The third-order valence-electron chi connectivity index (χ3n) is 2.56. The average Bonchev–Trinajstić information content (AvgIpc) is 2.63. The zero-order chi connectivity index (χ0) is 14.6. The lowest BCUT2D eigenvalue weighted by atomic mass is 10.2. The Balaban J connectivity index is 2.86. The van der Waals surface area contributed by atoms with E-state index in [0.717, 1.165) is 10.4 Å². The molecule has 102 valence electrons. The van der Waals surface area contributed by atoms with Crippen molar-refractivity contribution in [2.75, 3.05) is 11.9 Å². The van der Waals surface area contributed by atoms with Gasteiger partial charge in [0.1, 0.15) is 11.1 Å². The Labute approximate surface area is 115 Å². The molecule has 0 fully saturated rings. The molecule has 0 radical (unpaired) electrons. The van der Waals surface area contributed by atoms with Crippen LogP contribution in [0.2, 0.25) is 0 Å². The second-order valence-corrected chi connectivity index (χ2v) is 5.04. The molecule has 1 aromatic rings. The molecule has 1 unspecified atom stereocenters. The van der Waals surface area contributed by atoms with Crippen LogP contribution < -0.4 is 11.1 Å². The van der Waals surface area contributed by atoms with Gasteiger partial charge in [-0.1, -0.05) is 0 Å². The fourth-order valence-corrected chi connectivity index (χ4v) is 2.39. The molecule has 0 aliphatic carbocycles. The maximum absolute atomic E-state index is 11.8. The summed E-state index contributed by atoms with van der Waals surface area (Å²) in [6.07, 6.45) is 0. The number of amides is 1. The topological polar surface area (TPSA) is 105 Å². The van der Waals surface area contributed by atoms with Gasteiger partial charge in [-0.3, -0.25) is 4.79 Å². The lowest BCUT2D eigenvalue weighted by molar-refractivity contribution is -0.146. The van der Waals surface area contributed by atoms with Gasteiger partial charge in [0.15, 0.2) is 6.04 Å². The van der Waals surface area contributed by atoms with E-state index in [0.29, 0.717) is 10.6 Å². The van der Waals surface area contributed by atoms with Crippen molar-refractivity contribution in [1.82, 2.24) is 0 Å². The molecule has 0 saturated carbocycles. The van der Waals surface area contributed by atoms with Crippen LogP contribution in [0.5, 0.6) is 0 Å². The van der Waals surface area contributed by atoms with Gasteiger partial charge in [-0.25, -0.2) is 4.79 Å². The number of hydrogen-bond acceptors (Lipinski definition) is 6. The van der Waals surface area contributed by atoms with Gasteiger partial charge in [0, 0.05) is 4.88 Å². The number of nitriles is 1. The number of hydrogen-bond donors (Lipinski definition) is 2. The summed E-state index contributed by atoms with van der Waals surface area (Å²) in [4.78, 5) is 24.0. The molecule has 1 amide bonds. The van der Waals surface area contributed by atoms with E-state index in [-0.39, 0.29) is 6.61 Å². The first-order valence-electron chi connectivity index (χ1n) is 5.65. The number of carbonyl (C=O) groups is 2. The molecule has 7 heteroatoms. The van der Waals surface area contributed by atoms with Crippen molar-refractivity contribution < 1.29 is 14.3 Å². The Morgan fingerprint density at radius 3 is 2.68 bits per heavy atom. The number of thiophene rings is 1. The number of nitrogens with one attached hydrogen (secondary N) is 1. The van der Waals surface area contributed by atoms with E-state index >= 15 is 0 Å². The van der Waals surface area contributed by atoms with E-state index in [9.17, 15) is 9.59 Å². The first kappa shape index (κ1) is 15.1. The van der Waals surface area contributed by atoms with Crippen molar-refractivity contribution >= 4 is 28.2 Å². The summed E-state index contributed by atoms with van der Waals surface area (Å²) >= 11 is 1.27. The molecule has 0 bridgehead atoms. The summed E-state index contributed by atoms with van der Waals surface area (Å²) in [7, 11) is 0. The Bertz CT molecular complexity index is 545. The van der Waals surface area contributed by atoms with Gasteiger partial charge in [-0.2, -0.15) is 5.26 Å². The Hall–Kier alpha value is -1.91. The van der Waals surface area contributed by atoms with Crippen molar-refractivity contribution in [2.24, 2.45) is 5.73 Å². The minimum atomic E-state index is -1.39. The molecule has 0 aromatic carbocycles. The normalized spacial score (nSPS) is 11.5. The second kappa shape index (κ2) is 6.31. The average molecular weight is 281 g/mol. The number of nitrogens with two attached hydrogens (primary N) is 1. The highest BCUT2D eigenvalue weighted by atomic mass is 32.1. The zero-order valence-electron chi connectivity index (χ0n) is 10.9. The monoisotopic (exact) mass is 281 g/mol. The summed E-state index contributed by atoms with van der Waals surface area (Å²) in [5.74, 6) is -1.47. The maximum Gasteiger partial charge on any atom is 0.332 e. The molecule has 0 aliphatic rings. The molecule has 6 nitrogen and oxygen atoms in total. The van der Waals surface area contributed by atoms with E-state index in [4.69, 9.17) is 11.0 Å². The number of ether oxygens (including phenoxy) is 1. The Morgan fingerprint density at radius 1 is 1.53 bits per heavy atom. The first-order valence-corrected chi connectivity index (χ1v) is 6.47. The van der Waals surface area contributed by atoms with E-state index in [1.54, 1.807) is 13.8 Å². The van der Waals surface area contributed by atoms with Crippen molar-refractivity contribution in [1.29, 1.82) is 5.26 Å². The van der Waals surface area contributed by atoms with Crippen molar-refractivity contribution in [3.63, 3.8) is 0 Å². The summed E-state index contributed by atoms with van der Waals surface area (Å²) in [6, 6.07) is 0.628. The summed E-state index contributed by atoms with van der Waals surface area (Å²) < 4.78 is 4.66. The molecular formula is C12H15N3O3S. The molecule has 1 aromatic heterocycles. The van der Waals surface area contributed by atoms with Crippen LogP contribution in [-0.2, 0) is 14.3 Å². The van der Waals surface area contributed by atoms with Gasteiger partial charge < -0.3 is 15.8 Å². The Kier molecular flexibility index (Phi) is 5.03. The predicted octanol–water partition coefficient (Wildman–Crippen LogP) is 1.07. The van der Waals surface area contributed by atoms with E-state index in [1.807, 2.05) is 13.0 Å². The van der Waals surface area contributed by atoms with Gasteiger partial charge in [0.2, 0.25) is 0 Å². The maximum atomic E-state index is 11.8. The summed E-state index contributed by atoms with van der Waals surface area (Å²) in [6.45, 7) is 5.43. The quantitative estimate of drug-likeness (QED) is 0.634. The van der Waals surface area contributed by atoms with Crippen LogP contribution >= 0.6 is 11.3 Å². The van der Waals surface area contributed by atoms with Crippen LogP contribution in [-0.4, -0.2) is 24.5 Å². The number of aryl methyl sites for hydroxylation is 1. The highest BCUT2D eigenvalue weighted by Crippen LogP contribution is 2.31. The summed E-state index contributed by atoms with van der Waals surface area (Å²) in [5.41, 5.74) is 6.67. The number of nitrogens with zero attached hydrogens (tertiary/aromatic N) is 1. The highest BCUT2D eigenvalue weighted by Gasteiger charge is 2.25. The zero-order valence-corrected chi connectivity index (χ0v) is 11.8. The second-order valence-electron chi connectivity index (χ2n) is 3.82. The molecule has 0 spiro atoms. The van der Waals surface area contributed by atoms with Crippen LogP contribution in [0.4, 0.5) is 5.00 Å². The standard InChI is InChI=1S/C12H15N3O3S/c1-4-18-12(17)9(14)10(16)15-11-8(5-13)6(2)7(3)19-11/h9H,4,14H2,1-3H3,(H,15,16). The SMILES string of the molecule is CCOC(=O)C(N)C(=O)Nc1sc(C)c(C)c1C#N. The van der Waals surface area contributed by atoms with Crippen LogP contribution in [0.1, 0.15) is 22.9 Å². The Morgan fingerprint density at radius 2 is 2.16 bits per heavy atom. The molecule has 3 N–H and O–H groups in total. The lowest BCUT2D eigenvalue weighted by Crippen LogP contribution is -2.43. The van der Waals surface area contributed by atoms with Crippen molar-refractivity contribution in [3.8, 4) is 6.07 Å². The summed E-state index contributed by atoms with van der Waals surface area (Å²) in [5, 5.41) is 11.9. The molecule has 1 rings (SSSR count). The molecule has 19 heavy (non-hydrogen) atoms. The number of rotatable bonds is 4. The van der Waals surface area contributed by atoms with Crippen LogP contribution in [0.25, 0.3) is 0 Å². The number of esters is 1. The van der Waals surface area contributed by atoms with Gasteiger partial charge >= 0.3 is 5.97 Å². The molecule has 1 atom stereocenters. The molecule has 0 aliphatic heterocycles. The molecule has 0 saturated heterocycles. The van der Waals surface area contributed by atoms with E-state index in [1.165, 1.54) is 11.3 Å². The molecular weight excluding hydrogens is 266 g/mol. The van der Waals surface area contributed by atoms with Crippen LogP contribution in [0.15, 0.2) is 0 Å². The van der Waals surface area contributed by atoms with Crippen molar-refractivity contribution in [3.05, 3.63) is 16.0 Å². The third-order valence-corrected chi connectivity index (χ3v) is 3.68. The molecule has 1 heterocycles. The largest absolute Gasteiger partial charge is 0.464 e. The van der Waals surface area contributed by atoms with Gasteiger partial charge in [0.05, 0.1) is 12.2 Å². The van der Waals surface area contributed by atoms with Gasteiger partial charge in [-0.05, 0) is 26.3 Å². The number of anilines is 1. The fourth-order valence-electron chi connectivity index (χ4n) is 1.38. The number of carbonyl (C=O) groups excluding carboxylic acids is 2. The smallest absolute Gasteiger partial charge is 0.332 e. The van der Waals surface area contributed by atoms with Gasteiger partial charge in [0.25, 0.3) is 5.91 Å². The fraction of sp³-hybridized carbons (Fsp3) is 0.417. The van der Waals surface area contributed by atoms with Crippen molar-refractivity contribution in [2.45, 2.75) is 26.8 Å². The third kappa shape index (κ3) is 3.30.